The molecule has 25 heavy (non-hydrogen) atoms. The minimum atomic E-state index is -0.950. The molecule has 4 nitrogen and oxygen atoms in total. The molecule has 132 valence electrons. The second-order valence-corrected chi connectivity index (χ2v) is 6.28. The molecule has 1 amide bonds. The van der Waals surface area contributed by atoms with Gasteiger partial charge in [-0.2, -0.15) is 0 Å². The van der Waals surface area contributed by atoms with E-state index >= 15 is 0 Å². The van der Waals surface area contributed by atoms with Gasteiger partial charge in [0.05, 0.1) is 0 Å². The Hall–Kier alpha value is -2.31. The van der Waals surface area contributed by atoms with Crippen LogP contribution in [0, 0.1) is 23.5 Å². The van der Waals surface area contributed by atoms with Crippen molar-refractivity contribution in [2.24, 2.45) is 11.8 Å². The number of benzene rings is 2. The number of amides is 1. The van der Waals surface area contributed by atoms with E-state index in [4.69, 9.17) is 0 Å². The molecule has 0 unspecified atom stereocenters. The minimum absolute atomic E-state index is 0.0937. The fraction of sp³-hybridized carbons (Fsp3) is 0.316. The highest BCUT2D eigenvalue weighted by Crippen LogP contribution is 2.28. The fourth-order valence-corrected chi connectivity index (χ4v) is 3.25. The number of aliphatic hydroxyl groups is 2. The van der Waals surface area contributed by atoms with Crippen molar-refractivity contribution in [3.63, 3.8) is 0 Å². The molecule has 2 aromatic carbocycles. The molecule has 1 saturated heterocycles. The summed E-state index contributed by atoms with van der Waals surface area (Å²) < 4.78 is 27.4. The lowest BCUT2D eigenvalue weighted by Crippen LogP contribution is -2.29. The minimum Gasteiger partial charge on any atom is -0.396 e. The monoisotopic (exact) mass is 347 g/mol. The van der Waals surface area contributed by atoms with Crippen molar-refractivity contribution in [3.8, 4) is 11.1 Å². The molecule has 2 N–H and O–H groups in total. The predicted molar refractivity (Wildman–Crippen MR) is 88.8 cm³/mol. The normalized spacial score (nSPS) is 20.1. The van der Waals surface area contributed by atoms with Crippen molar-refractivity contribution in [3.05, 3.63) is 59.7 Å². The van der Waals surface area contributed by atoms with E-state index in [1.54, 1.807) is 23.1 Å². The van der Waals surface area contributed by atoms with E-state index in [1.807, 2.05) is 0 Å². The van der Waals surface area contributed by atoms with Crippen LogP contribution in [0.3, 0.4) is 0 Å². The van der Waals surface area contributed by atoms with Crippen molar-refractivity contribution in [1.29, 1.82) is 0 Å². The second-order valence-electron chi connectivity index (χ2n) is 6.28. The van der Waals surface area contributed by atoms with Crippen LogP contribution in [-0.2, 0) is 0 Å². The number of hydrogen-bond acceptors (Lipinski definition) is 3. The predicted octanol–water partition coefficient (Wildman–Crippen LogP) is 2.30. The van der Waals surface area contributed by atoms with Crippen LogP contribution in [-0.4, -0.2) is 47.3 Å². The van der Waals surface area contributed by atoms with Gasteiger partial charge in [0, 0.05) is 49.3 Å². The van der Waals surface area contributed by atoms with E-state index in [2.05, 4.69) is 0 Å². The molecule has 0 bridgehead atoms. The molecule has 1 aliphatic rings. The van der Waals surface area contributed by atoms with E-state index in [1.165, 1.54) is 18.2 Å². The molecule has 2 aromatic rings. The first-order valence-corrected chi connectivity index (χ1v) is 8.10. The zero-order valence-corrected chi connectivity index (χ0v) is 13.5. The summed E-state index contributed by atoms with van der Waals surface area (Å²) in [4.78, 5) is 14.3. The Morgan fingerprint density at radius 2 is 1.68 bits per heavy atom. The lowest BCUT2D eigenvalue weighted by Gasteiger charge is -2.17. The van der Waals surface area contributed by atoms with Gasteiger partial charge >= 0.3 is 0 Å². The Morgan fingerprint density at radius 1 is 1.04 bits per heavy atom. The van der Waals surface area contributed by atoms with Crippen LogP contribution in [0.5, 0.6) is 0 Å². The molecule has 0 aromatic heterocycles. The number of halogens is 2. The zero-order chi connectivity index (χ0) is 18.0. The second kappa shape index (κ2) is 7.29. The Morgan fingerprint density at radius 3 is 2.32 bits per heavy atom. The highest BCUT2D eigenvalue weighted by molar-refractivity contribution is 5.95. The summed E-state index contributed by atoms with van der Waals surface area (Å²) in [6.07, 6.45) is 0. The van der Waals surface area contributed by atoms with Crippen LogP contribution in [0.1, 0.15) is 10.4 Å². The topological polar surface area (TPSA) is 60.8 Å². The molecule has 3 rings (SSSR count). The standard InChI is InChI=1S/C19H19F2NO3/c20-17-6-2-5-16(18(17)21)12-3-1-4-13(7-12)19(25)22-8-14(10-23)15(9-22)11-24/h1-7,14-15,23-24H,8-11H2/t14-,15-/m0/s1. The Balaban J connectivity index is 1.87. The fourth-order valence-electron chi connectivity index (χ4n) is 3.25. The molecule has 0 radical (unpaired) electrons. The van der Waals surface area contributed by atoms with Crippen molar-refractivity contribution < 1.29 is 23.8 Å². The summed E-state index contributed by atoms with van der Waals surface area (Å²) in [5.74, 6) is -2.46. The summed E-state index contributed by atoms with van der Waals surface area (Å²) in [5.41, 5.74) is 0.869. The number of likely N-dealkylation sites (tertiary alicyclic amines) is 1. The first-order chi connectivity index (χ1) is 12.0. The molecule has 0 saturated carbocycles. The van der Waals surface area contributed by atoms with E-state index < -0.39 is 11.6 Å². The molecule has 1 aliphatic heterocycles. The van der Waals surface area contributed by atoms with E-state index in [-0.39, 0.29) is 36.5 Å². The summed E-state index contributed by atoms with van der Waals surface area (Å²) >= 11 is 0. The maximum absolute atomic E-state index is 14.0. The van der Waals surface area contributed by atoms with Crippen LogP contribution >= 0.6 is 0 Å². The number of carbonyl (C=O) groups is 1. The quantitative estimate of drug-likeness (QED) is 0.892. The number of rotatable bonds is 4. The van der Waals surface area contributed by atoms with Crippen molar-refractivity contribution in [2.75, 3.05) is 26.3 Å². The van der Waals surface area contributed by atoms with Gasteiger partial charge in [-0.3, -0.25) is 4.79 Å². The van der Waals surface area contributed by atoms with Gasteiger partial charge in [-0.25, -0.2) is 8.78 Å². The number of aliphatic hydroxyl groups excluding tert-OH is 2. The smallest absolute Gasteiger partial charge is 0.253 e. The van der Waals surface area contributed by atoms with Crippen LogP contribution in [0.4, 0.5) is 8.78 Å². The van der Waals surface area contributed by atoms with Crippen molar-refractivity contribution in [1.82, 2.24) is 4.90 Å². The average Bonchev–Trinajstić information content (AvgIpc) is 3.07. The molecule has 6 heteroatoms. The van der Waals surface area contributed by atoms with E-state index in [0.29, 0.717) is 24.2 Å². The SMILES string of the molecule is O=C(c1cccc(-c2cccc(F)c2F)c1)N1C[C@@H](CO)[C@H](CO)C1. The number of hydrogen-bond donors (Lipinski definition) is 2. The largest absolute Gasteiger partial charge is 0.396 e. The van der Waals surface area contributed by atoms with Gasteiger partial charge in [0.15, 0.2) is 11.6 Å². The van der Waals surface area contributed by atoms with Gasteiger partial charge in [-0.1, -0.05) is 24.3 Å². The Kier molecular flexibility index (Phi) is 5.11. The molecule has 0 aliphatic carbocycles. The van der Waals surface area contributed by atoms with Crippen LogP contribution in [0.15, 0.2) is 42.5 Å². The summed E-state index contributed by atoms with van der Waals surface area (Å²) in [6.45, 7) is 0.533. The zero-order valence-electron chi connectivity index (χ0n) is 13.5. The first-order valence-electron chi connectivity index (χ1n) is 8.10. The first kappa shape index (κ1) is 17.5. The van der Waals surface area contributed by atoms with Gasteiger partial charge in [-0.15, -0.1) is 0 Å². The maximum atomic E-state index is 14.0. The van der Waals surface area contributed by atoms with E-state index in [9.17, 15) is 23.8 Å². The lowest BCUT2D eigenvalue weighted by molar-refractivity contribution is 0.0778. The third kappa shape index (κ3) is 3.41. The Labute approximate surface area is 144 Å². The molecular formula is C19H19F2NO3. The van der Waals surface area contributed by atoms with E-state index in [0.717, 1.165) is 6.07 Å². The van der Waals surface area contributed by atoms with Crippen LogP contribution in [0.2, 0.25) is 0 Å². The molecular weight excluding hydrogens is 328 g/mol. The average molecular weight is 347 g/mol. The molecule has 1 heterocycles. The van der Waals surface area contributed by atoms with Gasteiger partial charge < -0.3 is 15.1 Å². The number of carbonyl (C=O) groups excluding carboxylic acids is 1. The summed E-state index contributed by atoms with van der Waals surface area (Å²) in [5, 5.41) is 18.7. The highest BCUT2D eigenvalue weighted by Gasteiger charge is 2.34. The molecule has 2 atom stereocenters. The van der Waals surface area contributed by atoms with Gasteiger partial charge in [-0.05, 0) is 23.8 Å². The maximum Gasteiger partial charge on any atom is 0.253 e. The highest BCUT2D eigenvalue weighted by atomic mass is 19.2. The van der Waals surface area contributed by atoms with Gasteiger partial charge in [0.2, 0.25) is 0 Å². The lowest BCUT2D eigenvalue weighted by atomic mass is 9.98. The van der Waals surface area contributed by atoms with Crippen LogP contribution in [0.25, 0.3) is 11.1 Å². The van der Waals surface area contributed by atoms with Crippen molar-refractivity contribution in [2.45, 2.75) is 0 Å². The number of nitrogens with zero attached hydrogens (tertiary/aromatic N) is 1. The summed E-state index contributed by atoms with van der Waals surface area (Å²) in [6, 6.07) is 10.3. The molecule has 1 fully saturated rings. The Bertz CT molecular complexity index is 769. The van der Waals surface area contributed by atoms with Gasteiger partial charge in [0.1, 0.15) is 0 Å². The van der Waals surface area contributed by atoms with Crippen LogP contribution < -0.4 is 0 Å². The summed E-state index contributed by atoms with van der Waals surface area (Å²) in [7, 11) is 0. The van der Waals surface area contributed by atoms with Crippen molar-refractivity contribution >= 4 is 5.91 Å². The molecule has 0 spiro atoms. The third-order valence-electron chi connectivity index (χ3n) is 4.70. The third-order valence-corrected chi connectivity index (χ3v) is 4.70. The van der Waals surface area contributed by atoms with Gasteiger partial charge in [0.25, 0.3) is 5.91 Å².